The van der Waals surface area contributed by atoms with Crippen LogP contribution in [-0.2, 0) is 5.92 Å². The Hall–Kier alpha value is -4.04. The molecule has 0 spiro atoms. The first-order valence-electron chi connectivity index (χ1n) is 10.2. The largest absolute Gasteiger partial charge is 0.459 e. The molecule has 2 aromatic heterocycles. The van der Waals surface area contributed by atoms with E-state index in [1.165, 1.54) is 31.2 Å². The number of nitrogens with zero attached hydrogens (tertiary/aromatic N) is 4. The molecule has 0 atom stereocenters. The average Bonchev–Trinajstić information content (AvgIpc) is 3.23. The van der Waals surface area contributed by atoms with E-state index >= 15 is 0 Å². The van der Waals surface area contributed by atoms with Gasteiger partial charge in [0.1, 0.15) is 17.2 Å². The van der Waals surface area contributed by atoms with Crippen LogP contribution in [-0.4, -0.2) is 31.6 Å². The van der Waals surface area contributed by atoms with Gasteiger partial charge in [0.05, 0.1) is 21.7 Å². The van der Waals surface area contributed by atoms with Crippen LogP contribution in [0.5, 0.6) is 11.5 Å². The lowest BCUT2D eigenvalue weighted by molar-refractivity contribution is -0.384. The fourth-order valence-corrected chi connectivity index (χ4v) is 3.73. The molecule has 2 aromatic carbocycles. The Kier molecular flexibility index (Phi) is 6.88. The van der Waals surface area contributed by atoms with Gasteiger partial charge in [-0.15, -0.1) is 0 Å². The smallest absolute Gasteiger partial charge is 0.455 e. The number of rotatable bonds is 6. The molecule has 4 rings (SSSR count). The van der Waals surface area contributed by atoms with Gasteiger partial charge >= 0.3 is 12.1 Å². The van der Waals surface area contributed by atoms with Gasteiger partial charge in [0, 0.05) is 28.9 Å². The Morgan fingerprint density at radius 3 is 2.42 bits per heavy atom. The van der Waals surface area contributed by atoms with Crippen LogP contribution < -0.4 is 10.1 Å². The molecular weight excluding hydrogens is 564 g/mol. The van der Waals surface area contributed by atoms with Gasteiger partial charge in [-0.2, -0.15) is 27.1 Å². The minimum absolute atomic E-state index is 0.0912. The van der Waals surface area contributed by atoms with E-state index in [1.807, 2.05) is 0 Å². The Morgan fingerprint density at radius 2 is 1.79 bits per heavy atom. The number of alkyl halides is 5. The Bertz CT molecular complexity index is 1590. The van der Waals surface area contributed by atoms with Crippen LogP contribution in [0, 0.1) is 17.0 Å². The number of fused-ring (bicyclic) bond motifs is 1. The van der Waals surface area contributed by atoms with Gasteiger partial charge in [0.2, 0.25) is 0 Å². The first-order valence-corrected chi connectivity index (χ1v) is 11.0. The lowest BCUT2D eigenvalue weighted by Crippen LogP contribution is -2.36. The number of nitrogens with one attached hydrogen (secondary N) is 1. The molecule has 1 amide bonds. The molecule has 0 bridgehead atoms. The number of carbonyl (C=O) groups is 1. The number of aromatic nitrogens is 3. The van der Waals surface area contributed by atoms with Crippen LogP contribution in [0.2, 0.25) is 10.0 Å². The van der Waals surface area contributed by atoms with E-state index in [2.05, 4.69) is 15.4 Å². The zero-order valence-corrected chi connectivity index (χ0v) is 20.2. The highest BCUT2D eigenvalue weighted by Gasteiger charge is 2.60. The van der Waals surface area contributed by atoms with Crippen molar-refractivity contribution in [3.05, 3.63) is 85.8 Å². The lowest BCUT2D eigenvalue weighted by atomic mass is 10.2. The maximum absolute atomic E-state index is 14.1. The summed E-state index contributed by atoms with van der Waals surface area (Å²) >= 11 is 11.9. The van der Waals surface area contributed by atoms with Gasteiger partial charge in [0.25, 0.3) is 11.6 Å². The number of hydrogen-bond donors (Lipinski definition) is 1. The van der Waals surface area contributed by atoms with E-state index in [0.29, 0.717) is 11.1 Å². The zero-order valence-electron chi connectivity index (χ0n) is 18.7. The number of anilines is 1. The molecule has 198 valence electrons. The van der Waals surface area contributed by atoms with E-state index < -0.39 is 45.7 Å². The SMILES string of the molecule is Cc1cc(C(F)(F)C(F)(F)F)n2nc(C(=O)Nc3cc(Oc4ccc(Cl)cc4Cl)cc([N+](=O)[O-])c3)cc2n1. The van der Waals surface area contributed by atoms with Gasteiger partial charge in [-0.25, -0.2) is 9.50 Å². The number of aryl methyl sites for hydroxylation is 1. The number of nitro groups is 1. The summed E-state index contributed by atoms with van der Waals surface area (Å²) in [5, 5.41) is 17.6. The number of benzene rings is 2. The van der Waals surface area contributed by atoms with Crippen molar-refractivity contribution >= 4 is 46.1 Å². The summed E-state index contributed by atoms with van der Waals surface area (Å²) in [6.45, 7) is 1.19. The zero-order chi connectivity index (χ0) is 28.0. The van der Waals surface area contributed by atoms with Crippen LogP contribution in [0.25, 0.3) is 5.65 Å². The maximum atomic E-state index is 14.1. The number of amides is 1. The molecule has 0 saturated carbocycles. The summed E-state index contributed by atoms with van der Waals surface area (Å²) in [5.74, 6) is -6.40. The summed E-state index contributed by atoms with van der Waals surface area (Å²) in [5.41, 5.74) is -3.43. The van der Waals surface area contributed by atoms with Gasteiger partial charge in [0.15, 0.2) is 11.3 Å². The standard InChI is InChI=1S/C22H12Cl2F5N5O4/c1-10-4-18(21(25,26)22(27,28)29)33-19(30-10)9-16(32-33)20(35)31-12-6-13(34(36)37)8-14(7-12)38-17-3-2-11(23)5-15(17)24/h2-9H,1H3,(H,31,35). The van der Waals surface area contributed by atoms with E-state index in [4.69, 9.17) is 27.9 Å². The molecule has 16 heteroatoms. The molecule has 38 heavy (non-hydrogen) atoms. The van der Waals surface area contributed by atoms with Crippen molar-refractivity contribution in [3.8, 4) is 11.5 Å². The second-order valence-corrected chi connectivity index (χ2v) is 8.60. The Labute approximate surface area is 218 Å². The summed E-state index contributed by atoms with van der Waals surface area (Å²) in [4.78, 5) is 27.3. The molecule has 1 N–H and O–H groups in total. The minimum atomic E-state index is -5.94. The first kappa shape index (κ1) is 27.0. The predicted octanol–water partition coefficient (Wildman–Crippen LogP) is 6.95. The van der Waals surface area contributed by atoms with E-state index in [1.54, 1.807) is 0 Å². The van der Waals surface area contributed by atoms with E-state index in [-0.39, 0.29) is 32.4 Å². The van der Waals surface area contributed by atoms with Crippen molar-refractivity contribution in [1.29, 1.82) is 0 Å². The second-order valence-electron chi connectivity index (χ2n) is 7.76. The van der Waals surface area contributed by atoms with Crippen LogP contribution in [0.15, 0.2) is 48.5 Å². The molecule has 0 radical (unpaired) electrons. The van der Waals surface area contributed by atoms with Crippen molar-refractivity contribution in [1.82, 2.24) is 14.6 Å². The molecule has 0 aliphatic rings. The van der Waals surface area contributed by atoms with Gasteiger partial charge in [-0.05, 0) is 31.2 Å². The summed E-state index contributed by atoms with van der Waals surface area (Å²) in [6, 6.07) is 8.83. The van der Waals surface area contributed by atoms with Crippen molar-refractivity contribution in [2.45, 2.75) is 19.0 Å². The van der Waals surface area contributed by atoms with Crippen molar-refractivity contribution < 1.29 is 36.4 Å². The molecular formula is C22H12Cl2F5N5O4. The molecule has 9 nitrogen and oxygen atoms in total. The molecule has 4 aromatic rings. The van der Waals surface area contributed by atoms with Crippen molar-refractivity contribution in [2.75, 3.05) is 5.32 Å². The van der Waals surface area contributed by atoms with Crippen molar-refractivity contribution in [3.63, 3.8) is 0 Å². The van der Waals surface area contributed by atoms with Crippen LogP contribution in [0.1, 0.15) is 21.9 Å². The van der Waals surface area contributed by atoms with Crippen LogP contribution in [0.3, 0.4) is 0 Å². The number of halogens is 7. The normalized spacial score (nSPS) is 12.0. The van der Waals surface area contributed by atoms with Gasteiger partial charge in [-0.3, -0.25) is 14.9 Å². The summed E-state index contributed by atoms with van der Waals surface area (Å²) in [7, 11) is 0. The number of nitro benzene ring substituents is 1. The molecule has 0 saturated heterocycles. The monoisotopic (exact) mass is 575 g/mol. The van der Waals surface area contributed by atoms with E-state index in [9.17, 15) is 36.9 Å². The lowest BCUT2D eigenvalue weighted by Gasteiger charge is -2.20. The highest BCUT2D eigenvalue weighted by molar-refractivity contribution is 6.35. The molecule has 2 heterocycles. The fourth-order valence-electron chi connectivity index (χ4n) is 3.28. The molecule has 0 unspecified atom stereocenters. The highest BCUT2D eigenvalue weighted by Crippen LogP contribution is 2.44. The third kappa shape index (κ3) is 5.31. The minimum Gasteiger partial charge on any atom is -0.455 e. The molecule has 0 aliphatic heterocycles. The predicted molar refractivity (Wildman–Crippen MR) is 125 cm³/mol. The Morgan fingerprint density at radius 1 is 1.08 bits per heavy atom. The fraction of sp³-hybridized carbons (Fsp3) is 0.136. The highest BCUT2D eigenvalue weighted by atomic mass is 35.5. The molecule has 0 aliphatic carbocycles. The summed E-state index contributed by atoms with van der Waals surface area (Å²) < 4.78 is 73.0. The van der Waals surface area contributed by atoms with Gasteiger partial charge < -0.3 is 10.1 Å². The number of hydrogen-bond acceptors (Lipinski definition) is 6. The maximum Gasteiger partial charge on any atom is 0.459 e. The first-order chi connectivity index (χ1) is 17.7. The number of non-ortho nitro benzene ring substituents is 1. The van der Waals surface area contributed by atoms with Crippen LogP contribution in [0.4, 0.5) is 33.3 Å². The molecule has 0 fully saturated rings. The number of ether oxygens (including phenoxy) is 1. The summed E-state index contributed by atoms with van der Waals surface area (Å²) in [6.07, 6.45) is -5.94. The number of carbonyl (C=O) groups excluding carboxylic acids is 1. The topological polar surface area (TPSA) is 112 Å². The third-order valence-corrected chi connectivity index (χ3v) is 5.48. The van der Waals surface area contributed by atoms with Crippen LogP contribution >= 0.6 is 23.2 Å². The van der Waals surface area contributed by atoms with E-state index in [0.717, 1.165) is 18.2 Å². The Balaban J connectivity index is 1.69. The third-order valence-electron chi connectivity index (χ3n) is 4.95. The second kappa shape index (κ2) is 9.68. The quantitative estimate of drug-likeness (QED) is 0.151. The van der Waals surface area contributed by atoms with Gasteiger partial charge in [-0.1, -0.05) is 23.2 Å². The average molecular weight is 576 g/mol. The van der Waals surface area contributed by atoms with Crippen molar-refractivity contribution in [2.24, 2.45) is 0 Å².